The first-order valence-electron chi connectivity index (χ1n) is 6.42. The van der Waals surface area contributed by atoms with Crippen molar-refractivity contribution in [3.05, 3.63) is 34.9 Å². The van der Waals surface area contributed by atoms with Crippen LogP contribution in [0.15, 0.2) is 17.7 Å². The van der Waals surface area contributed by atoms with E-state index in [1.54, 1.807) is 0 Å². The molecule has 102 valence electrons. The van der Waals surface area contributed by atoms with E-state index in [-0.39, 0.29) is 28.8 Å². The van der Waals surface area contributed by atoms with Gasteiger partial charge in [-0.05, 0) is 36.5 Å². The zero-order valence-corrected chi connectivity index (χ0v) is 10.5. The molecule has 2 aliphatic carbocycles. The van der Waals surface area contributed by atoms with Crippen LogP contribution in [0.1, 0.15) is 24.8 Å². The maximum absolute atomic E-state index is 14.0. The zero-order valence-electron chi connectivity index (χ0n) is 10.5. The quantitative estimate of drug-likeness (QED) is 0.857. The number of carbonyl (C=O) groups excluding carboxylic acids is 1. The normalized spacial score (nSPS) is 24.9. The molecule has 2 atom stereocenters. The number of phenols is 1. The van der Waals surface area contributed by atoms with Crippen LogP contribution in [0, 0.1) is 34.8 Å². The summed E-state index contributed by atoms with van der Waals surface area (Å²) in [7, 11) is 0. The number of Topliss-reactive ketones (excluding diaryl/α,β-unsaturated/α-hetero) is 1. The van der Waals surface area contributed by atoms with E-state index in [0.29, 0.717) is 18.4 Å². The van der Waals surface area contributed by atoms with E-state index in [1.807, 2.05) is 6.07 Å². The van der Waals surface area contributed by atoms with Crippen molar-refractivity contribution in [3.8, 4) is 11.8 Å². The Hall–Kier alpha value is -2.22. The van der Waals surface area contributed by atoms with E-state index in [4.69, 9.17) is 10.4 Å². The van der Waals surface area contributed by atoms with Crippen LogP contribution < -0.4 is 0 Å². The number of hydrogen-bond donors (Lipinski definition) is 1. The van der Waals surface area contributed by atoms with Crippen molar-refractivity contribution in [1.82, 2.24) is 0 Å². The van der Waals surface area contributed by atoms with Gasteiger partial charge in [0.25, 0.3) is 0 Å². The molecule has 0 aliphatic heterocycles. The maximum atomic E-state index is 14.0. The molecule has 1 aromatic rings. The molecule has 0 saturated heterocycles. The molecule has 0 heterocycles. The molecule has 1 N–H and O–H groups in total. The van der Waals surface area contributed by atoms with Crippen LogP contribution in [0.3, 0.4) is 0 Å². The predicted molar refractivity (Wildman–Crippen MR) is 66.4 cm³/mol. The van der Waals surface area contributed by atoms with Gasteiger partial charge in [-0.25, -0.2) is 4.39 Å². The Morgan fingerprint density at radius 2 is 1.90 bits per heavy atom. The lowest BCUT2D eigenvalue weighted by Crippen LogP contribution is -2.11. The van der Waals surface area contributed by atoms with E-state index in [2.05, 4.69) is 0 Å². The molecule has 0 amide bonds. The van der Waals surface area contributed by atoms with Gasteiger partial charge in [0.2, 0.25) is 5.82 Å². The second-order valence-corrected chi connectivity index (χ2v) is 5.17. The highest BCUT2D eigenvalue weighted by atomic mass is 19.2. The number of fused-ring (bicyclic) bond motifs is 1. The lowest BCUT2D eigenvalue weighted by molar-refractivity contribution is -0.118. The molecular formula is C15H11F2NO2. The molecule has 0 bridgehead atoms. The Balaban J connectivity index is 2.22. The third-order valence-electron chi connectivity index (χ3n) is 4.20. The monoisotopic (exact) mass is 275 g/mol. The van der Waals surface area contributed by atoms with Crippen LogP contribution in [-0.4, -0.2) is 10.9 Å². The van der Waals surface area contributed by atoms with Crippen molar-refractivity contribution in [2.45, 2.75) is 19.3 Å². The number of halogens is 2. The minimum Gasteiger partial charge on any atom is -0.505 e. The third-order valence-corrected chi connectivity index (χ3v) is 4.20. The number of benzene rings is 1. The molecule has 0 aromatic heterocycles. The van der Waals surface area contributed by atoms with Gasteiger partial charge in [-0.2, -0.15) is 9.65 Å². The van der Waals surface area contributed by atoms with Crippen molar-refractivity contribution < 1.29 is 18.7 Å². The number of nitriles is 1. The van der Waals surface area contributed by atoms with Crippen LogP contribution in [0.25, 0.3) is 5.57 Å². The van der Waals surface area contributed by atoms with E-state index in [0.717, 1.165) is 12.5 Å². The molecule has 3 nitrogen and oxygen atoms in total. The van der Waals surface area contributed by atoms with Crippen molar-refractivity contribution in [1.29, 1.82) is 5.26 Å². The summed E-state index contributed by atoms with van der Waals surface area (Å²) >= 11 is 0. The van der Waals surface area contributed by atoms with E-state index in [9.17, 15) is 13.6 Å². The summed E-state index contributed by atoms with van der Waals surface area (Å²) in [5.41, 5.74) is 0.152. The molecule has 3 rings (SSSR count). The molecule has 0 spiro atoms. The summed E-state index contributed by atoms with van der Waals surface area (Å²) in [6.45, 7) is 0. The van der Waals surface area contributed by atoms with Crippen LogP contribution >= 0.6 is 0 Å². The van der Waals surface area contributed by atoms with Crippen molar-refractivity contribution in [2.24, 2.45) is 11.8 Å². The van der Waals surface area contributed by atoms with Crippen LogP contribution in [0.4, 0.5) is 8.78 Å². The Kier molecular flexibility index (Phi) is 2.82. The Labute approximate surface area is 114 Å². The molecule has 5 heteroatoms. The minimum atomic E-state index is -1.35. The highest BCUT2D eigenvalue weighted by Gasteiger charge is 2.45. The first kappa shape index (κ1) is 12.8. The summed E-state index contributed by atoms with van der Waals surface area (Å²) in [5, 5.41) is 18.3. The van der Waals surface area contributed by atoms with Gasteiger partial charge in [-0.15, -0.1) is 0 Å². The lowest BCUT2D eigenvalue weighted by Gasteiger charge is -2.14. The number of ketones is 1. The standard InChI is InChI=1S/C15H11F2NO2/c16-13-9(4-5-11(19)14(13)17)12-7-2-1-3-8(7)15(20)10(12)6-18/h4-5,7-8,19H,1-3H2. The summed E-state index contributed by atoms with van der Waals surface area (Å²) in [6, 6.07) is 4.11. The average molecular weight is 275 g/mol. The number of nitrogens with zero attached hydrogens (tertiary/aromatic N) is 1. The lowest BCUT2D eigenvalue weighted by atomic mass is 9.89. The number of phenolic OH excluding ortho intramolecular Hbond substituents is 1. The van der Waals surface area contributed by atoms with E-state index in [1.165, 1.54) is 6.07 Å². The number of carbonyl (C=O) groups is 1. The van der Waals surface area contributed by atoms with Crippen molar-refractivity contribution >= 4 is 11.4 Å². The maximum Gasteiger partial charge on any atom is 0.200 e. The van der Waals surface area contributed by atoms with Gasteiger partial charge in [-0.1, -0.05) is 6.42 Å². The Morgan fingerprint density at radius 1 is 1.20 bits per heavy atom. The first-order valence-corrected chi connectivity index (χ1v) is 6.42. The van der Waals surface area contributed by atoms with Gasteiger partial charge in [0, 0.05) is 11.5 Å². The number of hydrogen-bond acceptors (Lipinski definition) is 3. The Bertz CT molecular complexity index is 688. The number of rotatable bonds is 1. The van der Waals surface area contributed by atoms with Crippen LogP contribution in [-0.2, 0) is 4.79 Å². The predicted octanol–water partition coefficient (Wildman–Crippen LogP) is 2.95. The molecule has 1 saturated carbocycles. The molecule has 0 radical (unpaired) electrons. The van der Waals surface area contributed by atoms with Crippen molar-refractivity contribution in [3.63, 3.8) is 0 Å². The summed E-state index contributed by atoms with van der Waals surface area (Å²) in [5.74, 6) is -4.09. The van der Waals surface area contributed by atoms with Crippen LogP contribution in [0.2, 0.25) is 0 Å². The molecule has 1 fully saturated rings. The van der Waals surface area contributed by atoms with Crippen LogP contribution in [0.5, 0.6) is 5.75 Å². The summed E-state index contributed by atoms with van der Waals surface area (Å²) < 4.78 is 27.5. The topological polar surface area (TPSA) is 61.1 Å². The van der Waals surface area contributed by atoms with Gasteiger partial charge in [-0.3, -0.25) is 4.79 Å². The van der Waals surface area contributed by atoms with Gasteiger partial charge in [0.05, 0.1) is 5.57 Å². The second kappa shape index (κ2) is 4.41. The van der Waals surface area contributed by atoms with Gasteiger partial charge in [0.15, 0.2) is 17.3 Å². The fraction of sp³-hybridized carbons (Fsp3) is 0.333. The third kappa shape index (κ3) is 1.58. The van der Waals surface area contributed by atoms with E-state index < -0.39 is 17.4 Å². The average Bonchev–Trinajstić information content (AvgIpc) is 2.99. The highest BCUT2D eigenvalue weighted by Crippen LogP contribution is 2.50. The summed E-state index contributed by atoms with van der Waals surface area (Å²) in [6.07, 6.45) is 2.21. The number of aromatic hydroxyl groups is 1. The van der Waals surface area contributed by atoms with Gasteiger partial charge in [0.1, 0.15) is 6.07 Å². The van der Waals surface area contributed by atoms with Gasteiger partial charge >= 0.3 is 0 Å². The van der Waals surface area contributed by atoms with Crippen molar-refractivity contribution in [2.75, 3.05) is 0 Å². The molecule has 1 aromatic carbocycles. The molecular weight excluding hydrogens is 264 g/mol. The fourth-order valence-corrected chi connectivity index (χ4v) is 3.32. The molecule has 2 aliphatic rings. The SMILES string of the molecule is N#CC1=C(c2ccc(O)c(F)c2F)C2CCCC2C1=O. The largest absolute Gasteiger partial charge is 0.505 e. The fourth-order valence-electron chi connectivity index (χ4n) is 3.32. The zero-order chi connectivity index (χ0) is 14.4. The summed E-state index contributed by atoms with van der Waals surface area (Å²) in [4.78, 5) is 12.1. The van der Waals surface area contributed by atoms with Gasteiger partial charge < -0.3 is 5.11 Å². The molecule has 2 unspecified atom stereocenters. The molecule has 20 heavy (non-hydrogen) atoms. The first-order chi connectivity index (χ1) is 9.56. The smallest absolute Gasteiger partial charge is 0.200 e. The highest BCUT2D eigenvalue weighted by molar-refractivity contribution is 6.12. The van der Waals surface area contributed by atoms with E-state index >= 15 is 0 Å². The number of allylic oxidation sites excluding steroid dienone is 2. The Morgan fingerprint density at radius 3 is 2.60 bits per heavy atom. The minimum absolute atomic E-state index is 0.0660. The second-order valence-electron chi connectivity index (χ2n) is 5.17.